The second-order valence-electron chi connectivity index (χ2n) is 6.48. The van der Waals surface area contributed by atoms with Crippen LogP contribution in [0.25, 0.3) is 0 Å². The normalized spacial score (nSPS) is 14.2. The lowest BCUT2D eigenvalue weighted by Crippen LogP contribution is -2.19. The Morgan fingerprint density at radius 1 is 1.04 bits per heavy atom. The van der Waals surface area contributed by atoms with E-state index in [1.807, 2.05) is 0 Å². The van der Waals surface area contributed by atoms with Gasteiger partial charge in [0.05, 0.1) is 11.4 Å². The van der Waals surface area contributed by atoms with Crippen molar-refractivity contribution in [2.75, 3.05) is 35.6 Å². The fourth-order valence-corrected chi connectivity index (χ4v) is 3.20. The molecule has 1 aliphatic heterocycles. The topological polar surface area (TPSA) is 41.3 Å². The van der Waals surface area contributed by atoms with Crippen LogP contribution in [0.4, 0.5) is 17.1 Å². The molecule has 3 rings (SSSR count). The minimum absolute atomic E-state index is 0.927. The van der Waals surface area contributed by atoms with Gasteiger partial charge in [-0.2, -0.15) is 0 Å². The Bertz CT molecular complexity index is 628. The molecule has 3 heteroatoms. The van der Waals surface area contributed by atoms with Crippen LogP contribution in [0.1, 0.15) is 30.4 Å². The highest BCUT2D eigenvalue weighted by Crippen LogP contribution is 2.27. The summed E-state index contributed by atoms with van der Waals surface area (Å²) in [5, 5.41) is 3.47. The van der Waals surface area contributed by atoms with Crippen molar-refractivity contribution in [2.45, 2.75) is 32.6 Å². The van der Waals surface area contributed by atoms with Crippen molar-refractivity contribution in [1.29, 1.82) is 0 Å². The van der Waals surface area contributed by atoms with Crippen molar-refractivity contribution >= 4 is 17.1 Å². The summed E-state index contributed by atoms with van der Waals surface area (Å²) in [4.78, 5) is 2.40. The number of nitrogen functional groups attached to an aromatic ring is 1. The Balaban J connectivity index is 1.48. The van der Waals surface area contributed by atoms with Gasteiger partial charge in [-0.3, -0.25) is 0 Å². The molecule has 0 saturated carbocycles. The standard InChI is InChI=1S/C20H27N3/c1-16-6-9-18(10-7-16)22-12-4-5-17-8-11-20(19(21)15-17)23-13-2-3-14-23/h6-11,15,22H,2-5,12-14,21H2,1H3. The third-order valence-electron chi connectivity index (χ3n) is 4.56. The van der Waals surface area contributed by atoms with Gasteiger partial charge in [0.2, 0.25) is 0 Å². The number of aryl methyl sites for hydroxylation is 2. The van der Waals surface area contributed by atoms with E-state index in [0.29, 0.717) is 0 Å². The molecule has 1 fully saturated rings. The number of anilines is 3. The van der Waals surface area contributed by atoms with Gasteiger partial charge in [-0.15, -0.1) is 0 Å². The summed E-state index contributed by atoms with van der Waals surface area (Å²) in [5.74, 6) is 0. The van der Waals surface area contributed by atoms with E-state index in [1.165, 1.54) is 35.3 Å². The van der Waals surface area contributed by atoms with Crippen molar-refractivity contribution in [2.24, 2.45) is 0 Å². The molecule has 0 amide bonds. The number of hydrogen-bond acceptors (Lipinski definition) is 3. The molecule has 0 radical (unpaired) electrons. The molecule has 23 heavy (non-hydrogen) atoms. The van der Waals surface area contributed by atoms with Crippen LogP contribution in [0.15, 0.2) is 42.5 Å². The largest absolute Gasteiger partial charge is 0.397 e. The van der Waals surface area contributed by atoms with Crippen LogP contribution in [0.5, 0.6) is 0 Å². The number of nitrogens with one attached hydrogen (secondary N) is 1. The van der Waals surface area contributed by atoms with Gasteiger partial charge in [0.1, 0.15) is 0 Å². The Kier molecular flexibility index (Phi) is 5.06. The lowest BCUT2D eigenvalue weighted by molar-refractivity contribution is 0.862. The van der Waals surface area contributed by atoms with E-state index in [9.17, 15) is 0 Å². The van der Waals surface area contributed by atoms with Crippen LogP contribution < -0.4 is 16.0 Å². The molecular formula is C20H27N3. The van der Waals surface area contributed by atoms with E-state index in [0.717, 1.165) is 38.2 Å². The van der Waals surface area contributed by atoms with Gasteiger partial charge >= 0.3 is 0 Å². The minimum atomic E-state index is 0.927. The van der Waals surface area contributed by atoms with E-state index in [2.05, 4.69) is 59.6 Å². The molecule has 3 nitrogen and oxygen atoms in total. The Morgan fingerprint density at radius 3 is 2.48 bits per heavy atom. The highest BCUT2D eigenvalue weighted by atomic mass is 15.1. The molecule has 0 spiro atoms. The quantitative estimate of drug-likeness (QED) is 0.620. The molecule has 0 aliphatic carbocycles. The highest BCUT2D eigenvalue weighted by molar-refractivity contribution is 5.68. The summed E-state index contributed by atoms with van der Waals surface area (Å²) in [5.41, 5.74) is 12.2. The van der Waals surface area contributed by atoms with Gasteiger partial charge in [0.25, 0.3) is 0 Å². The van der Waals surface area contributed by atoms with E-state index in [4.69, 9.17) is 5.73 Å². The lowest BCUT2D eigenvalue weighted by Gasteiger charge is -2.20. The van der Waals surface area contributed by atoms with Gasteiger partial charge in [-0.1, -0.05) is 23.8 Å². The van der Waals surface area contributed by atoms with E-state index in [-0.39, 0.29) is 0 Å². The molecule has 2 aromatic rings. The first-order valence-electron chi connectivity index (χ1n) is 8.66. The molecule has 1 heterocycles. The molecule has 0 unspecified atom stereocenters. The maximum Gasteiger partial charge on any atom is 0.0600 e. The van der Waals surface area contributed by atoms with Crippen molar-refractivity contribution in [3.8, 4) is 0 Å². The number of nitrogens with zero attached hydrogens (tertiary/aromatic N) is 1. The predicted molar refractivity (Wildman–Crippen MR) is 100 cm³/mol. The van der Waals surface area contributed by atoms with Crippen molar-refractivity contribution < 1.29 is 0 Å². The molecule has 122 valence electrons. The van der Waals surface area contributed by atoms with Crippen LogP contribution in [-0.2, 0) is 6.42 Å². The second kappa shape index (κ2) is 7.40. The van der Waals surface area contributed by atoms with E-state index in [1.54, 1.807) is 0 Å². The van der Waals surface area contributed by atoms with Crippen molar-refractivity contribution in [1.82, 2.24) is 0 Å². The first-order valence-corrected chi connectivity index (χ1v) is 8.66. The SMILES string of the molecule is Cc1ccc(NCCCc2ccc(N3CCCC3)c(N)c2)cc1. The summed E-state index contributed by atoms with van der Waals surface area (Å²) >= 11 is 0. The highest BCUT2D eigenvalue weighted by Gasteiger charge is 2.14. The van der Waals surface area contributed by atoms with Crippen LogP contribution in [-0.4, -0.2) is 19.6 Å². The Hall–Kier alpha value is -2.16. The van der Waals surface area contributed by atoms with Crippen LogP contribution >= 0.6 is 0 Å². The number of nitrogens with two attached hydrogens (primary N) is 1. The molecule has 1 saturated heterocycles. The molecular weight excluding hydrogens is 282 g/mol. The molecule has 1 aliphatic rings. The first kappa shape index (κ1) is 15.7. The Morgan fingerprint density at radius 2 is 1.78 bits per heavy atom. The summed E-state index contributed by atoms with van der Waals surface area (Å²) < 4.78 is 0. The van der Waals surface area contributed by atoms with Crippen LogP contribution in [0, 0.1) is 6.92 Å². The molecule has 0 bridgehead atoms. The minimum Gasteiger partial charge on any atom is -0.397 e. The summed E-state index contributed by atoms with van der Waals surface area (Å²) in [6.07, 6.45) is 4.73. The van der Waals surface area contributed by atoms with Crippen molar-refractivity contribution in [3.05, 3.63) is 53.6 Å². The number of benzene rings is 2. The number of hydrogen-bond donors (Lipinski definition) is 2. The maximum atomic E-state index is 6.25. The lowest BCUT2D eigenvalue weighted by atomic mass is 10.1. The fourth-order valence-electron chi connectivity index (χ4n) is 3.20. The predicted octanol–water partition coefficient (Wildman–Crippen LogP) is 4.22. The zero-order chi connectivity index (χ0) is 16.1. The zero-order valence-electron chi connectivity index (χ0n) is 14.0. The van der Waals surface area contributed by atoms with Crippen LogP contribution in [0.3, 0.4) is 0 Å². The van der Waals surface area contributed by atoms with Crippen molar-refractivity contribution in [3.63, 3.8) is 0 Å². The monoisotopic (exact) mass is 309 g/mol. The van der Waals surface area contributed by atoms with Gasteiger partial charge in [0.15, 0.2) is 0 Å². The van der Waals surface area contributed by atoms with Crippen LogP contribution in [0.2, 0.25) is 0 Å². The van der Waals surface area contributed by atoms with Gasteiger partial charge < -0.3 is 16.0 Å². The van der Waals surface area contributed by atoms with E-state index >= 15 is 0 Å². The molecule has 3 N–H and O–H groups in total. The fraction of sp³-hybridized carbons (Fsp3) is 0.400. The van der Waals surface area contributed by atoms with Gasteiger partial charge in [-0.25, -0.2) is 0 Å². The zero-order valence-corrected chi connectivity index (χ0v) is 14.0. The molecule has 0 aromatic heterocycles. The summed E-state index contributed by atoms with van der Waals surface area (Å²) in [7, 11) is 0. The third kappa shape index (κ3) is 4.19. The summed E-state index contributed by atoms with van der Waals surface area (Å²) in [6.45, 7) is 5.38. The average Bonchev–Trinajstić information content (AvgIpc) is 3.07. The number of rotatable bonds is 6. The second-order valence-corrected chi connectivity index (χ2v) is 6.48. The summed E-state index contributed by atoms with van der Waals surface area (Å²) in [6, 6.07) is 15.1. The molecule has 2 aromatic carbocycles. The van der Waals surface area contributed by atoms with Gasteiger partial charge in [0, 0.05) is 25.3 Å². The Labute approximate surface area is 139 Å². The van der Waals surface area contributed by atoms with Gasteiger partial charge in [-0.05, 0) is 62.4 Å². The molecule has 0 atom stereocenters. The third-order valence-corrected chi connectivity index (χ3v) is 4.56. The van der Waals surface area contributed by atoms with E-state index < -0.39 is 0 Å². The maximum absolute atomic E-state index is 6.25. The first-order chi connectivity index (χ1) is 11.2. The smallest absolute Gasteiger partial charge is 0.0600 e. The average molecular weight is 309 g/mol.